The minimum atomic E-state index is -0.992. The van der Waals surface area contributed by atoms with Crippen LogP contribution in [0.5, 0.6) is 0 Å². The Kier molecular flexibility index (Phi) is 3.70. The molecule has 0 aliphatic carbocycles. The van der Waals surface area contributed by atoms with Gasteiger partial charge in [-0.25, -0.2) is 0 Å². The van der Waals surface area contributed by atoms with E-state index < -0.39 is 17.4 Å². The van der Waals surface area contributed by atoms with Crippen LogP contribution >= 0.6 is 0 Å². The third-order valence-electron chi connectivity index (χ3n) is 2.88. The van der Waals surface area contributed by atoms with Crippen molar-refractivity contribution in [3.8, 4) is 0 Å². The summed E-state index contributed by atoms with van der Waals surface area (Å²) in [4.78, 5) is 36.4. The lowest BCUT2D eigenvalue weighted by Gasteiger charge is -2.40. The number of carbonyl (C=O) groups excluding carboxylic acids is 3. The zero-order valence-corrected chi connectivity index (χ0v) is 10.7. The zero-order valence-electron chi connectivity index (χ0n) is 10.7. The second kappa shape index (κ2) is 4.69. The van der Waals surface area contributed by atoms with Gasteiger partial charge < -0.3 is 4.90 Å². The topological polar surface area (TPSA) is 66.5 Å². The molecule has 0 saturated carbocycles. The molecule has 0 atom stereocenters. The van der Waals surface area contributed by atoms with Crippen molar-refractivity contribution >= 4 is 17.7 Å². The molecular formula is C12H18N2O3. The fourth-order valence-corrected chi connectivity index (χ4v) is 1.71. The summed E-state index contributed by atoms with van der Waals surface area (Å²) in [6, 6.07) is 0. The van der Waals surface area contributed by atoms with Crippen molar-refractivity contribution in [2.45, 2.75) is 39.7 Å². The van der Waals surface area contributed by atoms with Gasteiger partial charge in [0.15, 0.2) is 0 Å². The Balaban J connectivity index is 3.02. The van der Waals surface area contributed by atoms with E-state index in [1.54, 1.807) is 26.8 Å². The van der Waals surface area contributed by atoms with Crippen molar-refractivity contribution in [3.05, 3.63) is 11.6 Å². The highest BCUT2D eigenvalue weighted by molar-refractivity contribution is 6.08. The number of allylic oxidation sites excluding steroid dienone is 1. The van der Waals surface area contributed by atoms with Gasteiger partial charge in [-0.3, -0.25) is 19.7 Å². The zero-order chi connectivity index (χ0) is 13.2. The first-order chi connectivity index (χ1) is 7.80. The number of nitrogens with zero attached hydrogens (tertiary/aromatic N) is 1. The number of piperazine rings is 1. The first-order valence-electron chi connectivity index (χ1n) is 5.63. The van der Waals surface area contributed by atoms with Crippen LogP contribution in [-0.2, 0) is 14.4 Å². The summed E-state index contributed by atoms with van der Waals surface area (Å²) in [6.07, 6.45) is 2.53. The van der Waals surface area contributed by atoms with E-state index in [0.29, 0.717) is 5.57 Å². The van der Waals surface area contributed by atoms with Gasteiger partial charge in [0.2, 0.25) is 5.91 Å². The maximum absolute atomic E-state index is 12.1. The Labute approximate surface area is 101 Å². The highest BCUT2D eigenvalue weighted by Gasteiger charge is 2.43. The lowest BCUT2D eigenvalue weighted by Crippen LogP contribution is -2.65. The van der Waals surface area contributed by atoms with Gasteiger partial charge in [-0.05, 0) is 27.2 Å². The molecule has 1 saturated heterocycles. The first-order valence-corrected chi connectivity index (χ1v) is 5.63. The average Bonchev–Trinajstić information content (AvgIpc) is 2.23. The molecule has 17 heavy (non-hydrogen) atoms. The molecule has 1 N–H and O–H groups in total. The predicted molar refractivity (Wildman–Crippen MR) is 63.0 cm³/mol. The minimum Gasteiger partial charge on any atom is -0.315 e. The summed E-state index contributed by atoms with van der Waals surface area (Å²) in [5.74, 6) is -1.14. The van der Waals surface area contributed by atoms with Gasteiger partial charge in [-0.2, -0.15) is 0 Å². The van der Waals surface area contributed by atoms with E-state index in [4.69, 9.17) is 0 Å². The maximum Gasteiger partial charge on any atom is 0.252 e. The number of nitrogens with one attached hydrogen (secondary N) is 1. The highest BCUT2D eigenvalue weighted by Crippen LogP contribution is 2.20. The third kappa shape index (κ3) is 2.54. The van der Waals surface area contributed by atoms with Gasteiger partial charge in [0.1, 0.15) is 12.1 Å². The van der Waals surface area contributed by atoms with Crippen molar-refractivity contribution in [1.82, 2.24) is 10.2 Å². The summed E-state index contributed by atoms with van der Waals surface area (Å²) >= 11 is 0. The molecule has 0 unspecified atom stereocenters. The summed E-state index contributed by atoms with van der Waals surface area (Å²) in [5, 5.41) is 2.23. The molecule has 5 heteroatoms. The smallest absolute Gasteiger partial charge is 0.252 e. The van der Waals surface area contributed by atoms with E-state index >= 15 is 0 Å². The molecular weight excluding hydrogens is 220 g/mol. The van der Waals surface area contributed by atoms with Crippen molar-refractivity contribution < 1.29 is 14.4 Å². The molecule has 0 aromatic carbocycles. The Hall–Kier alpha value is -1.65. The molecule has 1 rings (SSSR count). The SMILES string of the molecule is CCC=C(C)C(=O)N1CC(=O)NC(=O)C1(C)C. The van der Waals surface area contributed by atoms with E-state index in [1.807, 2.05) is 6.92 Å². The third-order valence-corrected chi connectivity index (χ3v) is 2.88. The van der Waals surface area contributed by atoms with Gasteiger partial charge in [0, 0.05) is 5.57 Å². The molecule has 0 radical (unpaired) electrons. The van der Waals surface area contributed by atoms with Gasteiger partial charge >= 0.3 is 0 Å². The molecule has 1 heterocycles. The lowest BCUT2D eigenvalue weighted by atomic mass is 9.97. The van der Waals surface area contributed by atoms with E-state index in [9.17, 15) is 14.4 Å². The summed E-state index contributed by atoms with van der Waals surface area (Å²) in [6.45, 7) is 6.80. The molecule has 1 aliphatic rings. The van der Waals surface area contributed by atoms with E-state index in [-0.39, 0.29) is 12.5 Å². The van der Waals surface area contributed by atoms with Crippen molar-refractivity contribution in [2.75, 3.05) is 6.54 Å². The number of imide groups is 1. The number of amides is 3. The van der Waals surface area contributed by atoms with Crippen LogP contribution in [0.3, 0.4) is 0 Å². The number of rotatable bonds is 2. The van der Waals surface area contributed by atoms with Gasteiger partial charge in [0.25, 0.3) is 11.8 Å². The molecule has 3 amide bonds. The average molecular weight is 238 g/mol. The molecule has 0 bridgehead atoms. The number of carbonyl (C=O) groups is 3. The van der Waals surface area contributed by atoms with Crippen molar-refractivity contribution in [2.24, 2.45) is 0 Å². The quantitative estimate of drug-likeness (QED) is 0.566. The molecule has 1 fully saturated rings. The Morgan fingerprint density at radius 1 is 1.47 bits per heavy atom. The van der Waals surface area contributed by atoms with Crippen molar-refractivity contribution in [3.63, 3.8) is 0 Å². The molecule has 0 spiro atoms. The second-order valence-corrected chi connectivity index (χ2v) is 4.62. The molecule has 1 aliphatic heterocycles. The summed E-state index contributed by atoms with van der Waals surface area (Å²) in [7, 11) is 0. The molecule has 0 aromatic heterocycles. The standard InChI is InChI=1S/C12H18N2O3/c1-5-6-8(2)10(16)14-7-9(15)13-11(17)12(14,3)4/h6H,5,7H2,1-4H3,(H,13,15,17). The molecule has 0 aromatic rings. The summed E-state index contributed by atoms with van der Waals surface area (Å²) < 4.78 is 0. The van der Waals surface area contributed by atoms with Gasteiger partial charge in [-0.15, -0.1) is 0 Å². The number of hydrogen-bond acceptors (Lipinski definition) is 3. The monoisotopic (exact) mass is 238 g/mol. The van der Waals surface area contributed by atoms with Crippen LogP contribution in [0.4, 0.5) is 0 Å². The fraction of sp³-hybridized carbons (Fsp3) is 0.583. The highest BCUT2D eigenvalue weighted by atomic mass is 16.2. The van der Waals surface area contributed by atoms with Crippen molar-refractivity contribution in [1.29, 1.82) is 0 Å². The van der Waals surface area contributed by atoms with Gasteiger partial charge in [0.05, 0.1) is 0 Å². The van der Waals surface area contributed by atoms with Crippen LogP contribution in [0.15, 0.2) is 11.6 Å². The van der Waals surface area contributed by atoms with E-state index in [0.717, 1.165) is 6.42 Å². The van der Waals surface area contributed by atoms with E-state index in [1.165, 1.54) is 4.90 Å². The van der Waals surface area contributed by atoms with Crippen LogP contribution in [0, 0.1) is 0 Å². The lowest BCUT2D eigenvalue weighted by molar-refractivity contribution is -0.153. The summed E-state index contributed by atoms with van der Waals surface area (Å²) in [5.41, 5.74) is -0.434. The Morgan fingerprint density at radius 3 is 2.59 bits per heavy atom. The largest absolute Gasteiger partial charge is 0.315 e. The van der Waals surface area contributed by atoms with Crippen LogP contribution in [-0.4, -0.2) is 34.7 Å². The number of hydrogen-bond donors (Lipinski definition) is 1. The van der Waals surface area contributed by atoms with Crippen LogP contribution in [0.1, 0.15) is 34.1 Å². The Bertz CT molecular complexity index is 397. The van der Waals surface area contributed by atoms with Gasteiger partial charge in [-0.1, -0.05) is 13.0 Å². The van der Waals surface area contributed by atoms with Crippen LogP contribution in [0.2, 0.25) is 0 Å². The molecule has 5 nitrogen and oxygen atoms in total. The fourth-order valence-electron chi connectivity index (χ4n) is 1.71. The Morgan fingerprint density at radius 2 is 2.06 bits per heavy atom. The van der Waals surface area contributed by atoms with E-state index in [2.05, 4.69) is 5.32 Å². The maximum atomic E-state index is 12.1. The second-order valence-electron chi connectivity index (χ2n) is 4.62. The van der Waals surface area contributed by atoms with Crippen LogP contribution in [0.25, 0.3) is 0 Å². The minimum absolute atomic E-state index is 0.0769. The van der Waals surface area contributed by atoms with Crippen LogP contribution < -0.4 is 5.32 Å². The predicted octanol–water partition coefficient (Wildman–Crippen LogP) is 0.606. The molecule has 94 valence electrons. The first kappa shape index (κ1) is 13.4. The normalized spacial score (nSPS) is 20.2.